The molecule has 2 aromatic rings. The molecule has 1 heterocycles. The smallest absolute Gasteiger partial charge is 0.130 e. The second-order valence-corrected chi connectivity index (χ2v) is 4.04. The summed E-state index contributed by atoms with van der Waals surface area (Å²) in [6.45, 7) is 2.94. The fourth-order valence-electron chi connectivity index (χ4n) is 1.69. The van der Waals surface area contributed by atoms with Gasteiger partial charge < -0.3 is 10.3 Å². The summed E-state index contributed by atoms with van der Waals surface area (Å²) in [5.41, 5.74) is 7.18. The Hall–Kier alpha value is -1.32. The lowest BCUT2D eigenvalue weighted by Crippen LogP contribution is -2.17. The molecule has 84 valence electrons. The molecule has 1 unspecified atom stereocenters. The number of hydrogen-bond donors (Lipinski definition) is 1. The highest BCUT2D eigenvalue weighted by molar-refractivity contribution is 6.30. The first-order valence-electron chi connectivity index (χ1n) is 5.24. The molecule has 0 spiro atoms. The van der Waals surface area contributed by atoms with Crippen molar-refractivity contribution in [3.63, 3.8) is 0 Å². The molecule has 1 aromatic carbocycles. The highest BCUT2D eigenvalue weighted by Gasteiger charge is 2.13. The van der Waals surface area contributed by atoms with Crippen LogP contribution in [0.3, 0.4) is 0 Å². The Labute approximate surface area is 99.9 Å². The zero-order chi connectivity index (χ0) is 11.5. The number of imidazole rings is 1. The minimum absolute atomic E-state index is 0.202. The highest BCUT2D eigenvalue weighted by atomic mass is 35.5. The van der Waals surface area contributed by atoms with Gasteiger partial charge in [0.25, 0.3) is 0 Å². The van der Waals surface area contributed by atoms with Crippen LogP contribution in [0.5, 0.6) is 0 Å². The summed E-state index contributed by atoms with van der Waals surface area (Å²) in [5.74, 6) is 0.879. The molecule has 0 fully saturated rings. The Morgan fingerprint density at radius 3 is 2.69 bits per heavy atom. The van der Waals surface area contributed by atoms with E-state index in [1.807, 2.05) is 35.0 Å². The molecular formula is C12H14ClN3. The van der Waals surface area contributed by atoms with Crippen molar-refractivity contribution in [3.8, 4) is 0 Å². The van der Waals surface area contributed by atoms with Gasteiger partial charge in [-0.15, -0.1) is 0 Å². The van der Waals surface area contributed by atoms with Crippen molar-refractivity contribution >= 4 is 11.6 Å². The number of rotatable bonds is 3. The Kier molecular flexibility index (Phi) is 3.27. The van der Waals surface area contributed by atoms with E-state index in [1.54, 1.807) is 6.20 Å². The molecule has 4 heteroatoms. The van der Waals surface area contributed by atoms with E-state index >= 15 is 0 Å². The molecule has 1 aromatic heterocycles. The van der Waals surface area contributed by atoms with Crippen LogP contribution in [0.2, 0.25) is 5.02 Å². The normalized spacial score (nSPS) is 12.7. The van der Waals surface area contributed by atoms with Gasteiger partial charge in [-0.25, -0.2) is 4.98 Å². The largest absolute Gasteiger partial charge is 0.334 e. The van der Waals surface area contributed by atoms with E-state index in [0.717, 1.165) is 23.0 Å². The summed E-state index contributed by atoms with van der Waals surface area (Å²) >= 11 is 5.84. The predicted molar refractivity (Wildman–Crippen MR) is 65.4 cm³/mol. The summed E-state index contributed by atoms with van der Waals surface area (Å²) in [7, 11) is 0. The maximum atomic E-state index is 6.16. The van der Waals surface area contributed by atoms with Crippen molar-refractivity contribution in [3.05, 3.63) is 53.1 Å². The van der Waals surface area contributed by atoms with Crippen LogP contribution in [0.1, 0.15) is 24.4 Å². The van der Waals surface area contributed by atoms with Gasteiger partial charge in [0.15, 0.2) is 0 Å². The zero-order valence-electron chi connectivity index (χ0n) is 9.10. The van der Waals surface area contributed by atoms with Gasteiger partial charge in [0, 0.05) is 24.0 Å². The molecule has 0 amide bonds. The molecular weight excluding hydrogens is 222 g/mol. The van der Waals surface area contributed by atoms with E-state index in [2.05, 4.69) is 11.9 Å². The van der Waals surface area contributed by atoms with Crippen molar-refractivity contribution < 1.29 is 0 Å². The first-order chi connectivity index (χ1) is 7.72. The summed E-state index contributed by atoms with van der Waals surface area (Å²) in [6.07, 6.45) is 3.71. The SMILES string of the molecule is CCn1ccnc1C(N)c1ccc(Cl)cc1. The van der Waals surface area contributed by atoms with Crippen LogP contribution in [-0.2, 0) is 6.54 Å². The molecule has 0 bridgehead atoms. The number of nitrogens with zero attached hydrogens (tertiary/aromatic N) is 2. The maximum Gasteiger partial charge on any atom is 0.130 e. The number of hydrogen-bond acceptors (Lipinski definition) is 2. The number of nitrogens with two attached hydrogens (primary N) is 1. The Balaban J connectivity index is 2.31. The Morgan fingerprint density at radius 1 is 1.38 bits per heavy atom. The van der Waals surface area contributed by atoms with E-state index in [-0.39, 0.29) is 6.04 Å². The quantitative estimate of drug-likeness (QED) is 0.889. The third-order valence-corrected chi connectivity index (χ3v) is 2.85. The predicted octanol–water partition coefficient (Wildman–Crippen LogP) is 2.60. The van der Waals surface area contributed by atoms with Crippen LogP contribution in [0, 0.1) is 0 Å². The molecule has 0 radical (unpaired) electrons. The van der Waals surface area contributed by atoms with E-state index in [1.165, 1.54) is 0 Å². The maximum absolute atomic E-state index is 6.16. The van der Waals surface area contributed by atoms with Gasteiger partial charge in [0.1, 0.15) is 5.82 Å². The van der Waals surface area contributed by atoms with E-state index in [0.29, 0.717) is 0 Å². The van der Waals surface area contributed by atoms with Gasteiger partial charge >= 0.3 is 0 Å². The van der Waals surface area contributed by atoms with Crippen molar-refractivity contribution in [1.29, 1.82) is 0 Å². The van der Waals surface area contributed by atoms with E-state index in [4.69, 9.17) is 17.3 Å². The van der Waals surface area contributed by atoms with Crippen LogP contribution in [0.4, 0.5) is 0 Å². The molecule has 2 rings (SSSR count). The number of aromatic nitrogens is 2. The number of benzene rings is 1. The third kappa shape index (κ3) is 2.10. The molecule has 0 saturated carbocycles. The van der Waals surface area contributed by atoms with Gasteiger partial charge in [-0.3, -0.25) is 0 Å². The van der Waals surface area contributed by atoms with Gasteiger partial charge in [0.05, 0.1) is 6.04 Å². The van der Waals surface area contributed by atoms with Crippen LogP contribution in [-0.4, -0.2) is 9.55 Å². The lowest BCUT2D eigenvalue weighted by atomic mass is 10.1. The second-order valence-electron chi connectivity index (χ2n) is 3.60. The molecule has 16 heavy (non-hydrogen) atoms. The van der Waals surface area contributed by atoms with Crippen molar-refractivity contribution in [2.45, 2.75) is 19.5 Å². The summed E-state index contributed by atoms with van der Waals surface area (Å²) < 4.78 is 2.04. The second kappa shape index (κ2) is 4.68. The minimum Gasteiger partial charge on any atom is -0.334 e. The van der Waals surface area contributed by atoms with Crippen molar-refractivity contribution in [2.24, 2.45) is 5.73 Å². The zero-order valence-corrected chi connectivity index (χ0v) is 9.85. The third-order valence-electron chi connectivity index (χ3n) is 2.60. The van der Waals surface area contributed by atoms with Crippen LogP contribution >= 0.6 is 11.6 Å². The standard InChI is InChI=1S/C12H14ClN3/c1-2-16-8-7-15-12(16)11(14)9-3-5-10(13)6-4-9/h3-8,11H,2,14H2,1H3. The summed E-state index contributed by atoms with van der Waals surface area (Å²) in [6, 6.07) is 7.35. The average molecular weight is 236 g/mol. The topological polar surface area (TPSA) is 43.8 Å². The monoisotopic (exact) mass is 235 g/mol. The van der Waals surface area contributed by atoms with Crippen molar-refractivity contribution in [2.75, 3.05) is 0 Å². The molecule has 3 nitrogen and oxygen atoms in total. The molecule has 0 aliphatic rings. The number of halogens is 1. The fraction of sp³-hybridized carbons (Fsp3) is 0.250. The molecule has 0 saturated heterocycles. The van der Waals surface area contributed by atoms with Gasteiger partial charge in [0.2, 0.25) is 0 Å². The van der Waals surface area contributed by atoms with Gasteiger partial charge in [-0.2, -0.15) is 0 Å². The Bertz CT molecular complexity index is 461. The average Bonchev–Trinajstić information content (AvgIpc) is 2.77. The number of aryl methyl sites for hydroxylation is 1. The fourth-order valence-corrected chi connectivity index (χ4v) is 1.81. The minimum atomic E-state index is -0.202. The van der Waals surface area contributed by atoms with Gasteiger partial charge in [-0.1, -0.05) is 23.7 Å². The molecule has 0 aliphatic carbocycles. The lowest BCUT2D eigenvalue weighted by molar-refractivity contribution is 0.656. The molecule has 1 atom stereocenters. The summed E-state index contributed by atoms with van der Waals surface area (Å²) in [4.78, 5) is 4.29. The molecule has 2 N–H and O–H groups in total. The Morgan fingerprint density at radius 2 is 2.06 bits per heavy atom. The molecule has 0 aliphatic heterocycles. The van der Waals surface area contributed by atoms with Crippen LogP contribution in [0.15, 0.2) is 36.7 Å². The lowest BCUT2D eigenvalue weighted by Gasteiger charge is -2.13. The van der Waals surface area contributed by atoms with Crippen LogP contribution < -0.4 is 5.73 Å². The van der Waals surface area contributed by atoms with Crippen molar-refractivity contribution in [1.82, 2.24) is 9.55 Å². The first-order valence-corrected chi connectivity index (χ1v) is 5.62. The van der Waals surface area contributed by atoms with E-state index in [9.17, 15) is 0 Å². The first kappa shape index (κ1) is 11.2. The van der Waals surface area contributed by atoms with E-state index < -0.39 is 0 Å². The highest BCUT2D eigenvalue weighted by Crippen LogP contribution is 2.20. The summed E-state index contributed by atoms with van der Waals surface area (Å²) in [5, 5.41) is 0.717. The van der Waals surface area contributed by atoms with Gasteiger partial charge in [-0.05, 0) is 24.6 Å². The van der Waals surface area contributed by atoms with Crippen LogP contribution in [0.25, 0.3) is 0 Å².